The number of aliphatic carboxylic acids is 1. The molecule has 0 unspecified atom stereocenters. The molecule has 0 fully saturated rings. The van der Waals surface area contributed by atoms with Gasteiger partial charge in [-0.15, -0.1) is 24.0 Å². The van der Waals surface area contributed by atoms with Crippen LogP contribution < -0.4 is 51.4 Å². The number of esters is 2. The number of fused-ring (bicyclic) bond motifs is 1. The van der Waals surface area contributed by atoms with Gasteiger partial charge in [0.15, 0.2) is 5.78 Å². The van der Waals surface area contributed by atoms with E-state index in [1.54, 1.807) is 56.3 Å². The van der Waals surface area contributed by atoms with E-state index in [0.29, 0.717) is 36.5 Å². The number of nitriles is 4. The van der Waals surface area contributed by atoms with Crippen LogP contribution >= 0.6 is 52.7 Å². The summed E-state index contributed by atoms with van der Waals surface area (Å²) in [6.07, 6.45) is 0. The van der Waals surface area contributed by atoms with Crippen molar-refractivity contribution in [1.82, 2.24) is 0 Å². The molecular weight excluding hydrogens is 1150 g/mol. The second kappa shape index (κ2) is 47.1. The summed E-state index contributed by atoms with van der Waals surface area (Å²) in [7, 11) is 4.34. The third-order valence-electron chi connectivity index (χ3n) is 8.33. The Morgan fingerprint density at radius 1 is 0.708 bits per heavy atom. The first-order valence-electron chi connectivity index (χ1n) is 20.8. The van der Waals surface area contributed by atoms with Crippen LogP contribution in [0, 0.1) is 52.2 Å². The fourth-order valence-electron chi connectivity index (χ4n) is 5.11. The van der Waals surface area contributed by atoms with E-state index in [1.165, 1.54) is 0 Å². The zero-order valence-electron chi connectivity index (χ0n) is 41.2. The van der Waals surface area contributed by atoms with E-state index in [0.717, 1.165) is 44.3 Å². The number of alkyl halides is 1. The molecule has 21 heteroatoms. The molecule has 0 aromatic heterocycles. The second-order valence-corrected chi connectivity index (χ2v) is 14.0. The maximum atomic E-state index is 11.2. The number of benzene rings is 5. The fraction of sp³-hybridized carbons (Fsp3) is 0.255. The number of hydrogen-bond acceptors (Lipinski definition) is 16. The molecule has 1 heterocycles. The zero-order valence-corrected chi connectivity index (χ0v) is 48.2. The Labute approximate surface area is 498 Å². The zero-order chi connectivity index (χ0) is 52.4. The SMILES string of the molecule is CCOC(=O)CO.CCOC(=O)COCc1ccccc1C#N.Cc1ccccc1C#N.I.N#Cc1ccccc1CBr.N#Cc1ccccc1COCC(=O)O.O=C1COCc2ccccc21.[B]=NS.[H-].[HH].[K+]. The van der Waals surface area contributed by atoms with Crippen LogP contribution in [-0.4, -0.2) is 81.2 Å². The molecule has 2 N–H and O–H groups in total. The number of halogens is 2. The van der Waals surface area contributed by atoms with Crippen molar-refractivity contribution in [2.45, 2.75) is 45.9 Å². The number of aliphatic hydroxyl groups excluding tert-OH is 1. The standard InChI is InChI=1S/C12H13NO3.C10H9NO3.C9H8O2.C8H6BrN.C8H7N.C4H8O3.BHNS.HI.K.H2.H/c1-2-16-12(14)9-15-8-11-6-4-3-5-10(11)7-13;11-5-8-3-1-2-4-9(8)6-14-7-10(12)13;10-9-6-11-5-7-3-1-2-4-8(7)9;9-5-7-3-1-2-4-8(7)6-10;1-7-4-2-3-5-8(7)6-9;1-2-7-4(6)3-5;1-2-3;;;;/h3-6H,2,8-9H2,1H3;1-4H,6-7H2,(H,12,13);1-4H,5-6H2;1-4H,5H2;2-5H,1H3;5H,2-3H2,1H3;3H;1H;;1H;/q;;;;;;;;+1;;-1. The number of hydrogen-bond donors (Lipinski definition) is 3. The summed E-state index contributed by atoms with van der Waals surface area (Å²) < 4.78 is 26.8. The van der Waals surface area contributed by atoms with Gasteiger partial charge in [-0.2, -0.15) is 21.0 Å². The number of aliphatic hydroxyl groups is 1. The predicted octanol–water partition coefficient (Wildman–Crippen LogP) is 6.22. The average molecular weight is 1200 g/mol. The molecule has 1 aliphatic rings. The van der Waals surface area contributed by atoms with Crippen LogP contribution in [0.15, 0.2) is 126 Å². The van der Waals surface area contributed by atoms with Crippen LogP contribution in [0.5, 0.6) is 0 Å². The molecule has 0 atom stereocenters. The molecule has 0 aliphatic carbocycles. The number of aryl methyl sites for hydroxylation is 1. The van der Waals surface area contributed by atoms with Crippen LogP contribution in [0.25, 0.3) is 0 Å². The molecule has 0 bridgehead atoms. The Morgan fingerprint density at radius 2 is 1.11 bits per heavy atom. The Bertz CT molecular complexity index is 2590. The van der Waals surface area contributed by atoms with E-state index in [1.807, 2.05) is 91.9 Å². The number of carbonyl (C=O) groups is 4. The van der Waals surface area contributed by atoms with Crippen LogP contribution in [0.1, 0.15) is 77.1 Å². The van der Waals surface area contributed by atoms with Gasteiger partial charge < -0.3 is 35.3 Å². The number of carboxylic acids is 1. The van der Waals surface area contributed by atoms with Crippen LogP contribution in [0.3, 0.4) is 0 Å². The Kier molecular flexibility index (Phi) is 46.6. The van der Waals surface area contributed by atoms with Gasteiger partial charge in [0, 0.05) is 12.3 Å². The first-order chi connectivity index (χ1) is 33.8. The van der Waals surface area contributed by atoms with Crippen molar-refractivity contribution in [3.8, 4) is 24.3 Å². The van der Waals surface area contributed by atoms with Crippen LogP contribution in [0.4, 0.5) is 0 Å². The monoisotopic (exact) mass is 1200 g/mol. The summed E-state index contributed by atoms with van der Waals surface area (Å²) in [5.74, 6) is -1.88. The van der Waals surface area contributed by atoms with Gasteiger partial charge in [-0.05, 0) is 72.9 Å². The van der Waals surface area contributed by atoms with Gasteiger partial charge in [-0.3, -0.25) is 4.79 Å². The Morgan fingerprint density at radius 3 is 1.50 bits per heavy atom. The third kappa shape index (κ3) is 32.9. The average Bonchev–Trinajstić information content (AvgIpc) is 3.38. The molecule has 0 saturated heterocycles. The molecule has 1 aliphatic heterocycles. The molecule has 0 spiro atoms. The topological polar surface area (TPSA) is 262 Å². The van der Waals surface area contributed by atoms with Gasteiger partial charge in [-0.1, -0.05) is 113 Å². The normalized spacial score (nSPS) is 9.65. The molecule has 0 saturated carbocycles. The predicted molar refractivity (Wildman–Crippen MR) is 286 cm³/mol. The van der Waals surface area contributed by atoms with E-state index in [4.69, 9.17) is 50.2 Å². The van der Waals surface area contributed by atoms with E-state index >= 15 is 0 Å². The number of Topliss-reactive ketones (excluding diaryl/α,β-unsaturated/α-hetero) is 1. The minimum Gasteiger partial charge on any atom is -1.00 e. The van der Waals surface area contributed by atoms with Gasteiger partial charge in [0.2, 0.25) is 0 Å². The number of carboxylic acid groups (broad SMARTS) is 1. The number of carbonyl (C=O) groups excluding carboxylic acids is 3. The number of thiol groups is 1. The number of ether oxygens (including phenoxy) is 5. The summed E-state index contributed by atoms with van der Waals surface area (Å²) in [5, 5.41) is 51.6. The van der Waals surface area contributed by atoms with Gasteiger partial charge in [0.1, 0.15) is 26.4 Å². The number of ketones is 1. The number of rotatable bonds is 12. The van der Waals surface area contributed by atoms with Crippen molar-refractivity contribution >= 4 is 84.1 Å². The van der Waals surface area contributed by atoms with Gasteiger partial charge in [-0.25, -0.2) is 14.4 Å². The van der Waals surface area contributed by atoms with Crippen molar-refractivity contribution in [2.24, 2.45) is 4.30 Å². The van der Waals surface area contributed by atoms with Crippen molar-refractivity contribution in [3.05, 3.63) is 177 Å². The number of nitrogens with zero attached hydrogens (tertiary/aromatic N) is 5. The first-order valence-corrected chi connectivity index (χ1v) is 22.3. The van der Waals surface area contributed by atoms with E-state index in [-0.39, 0.29) is 117 Å². The first kappa shape index (κ1) is 71.3. The molecule has 0 amide bonds. The molecular formula is C51H56BBrIKN5O11S. The molecule has 1 radical (unpaired) electrons. The van der Waals surface area contributed by atoms with E-state index in [2.05, 4.69) is 63.6 Å². The summed E-state index contributed by atoms with van der Waals surface area (Å²) >= 11 is 6.49. The van der Waals surface area contributed by atoms with Gasteiger partial charge in [0.05, 0.1) is 79.6 Å². The summed E-state index contributed by atoms with van der Waals surface area (Å²) in [4.78, 5) is 42.2. The minimum absolute atomic E-state index is 0. The molecule has 6 rings (SSSR count). The van der Waals surface area contributed by atoms with Crippen molar-refractivity contribution in [1.29, 1.82) is 21.0 Å². The molecule has 72 heavy (non-hydrogen) atoms. The fourth-order valence-corrected chi connectivity index (χ4v) is 5.60. The van der Waals surface area contributed by atoms with E-state index < -0.39 is 24.5 Å². The maximum Gasteiger partial charge on any atom is 1.00 e. The maximum absolute atomic E-state index is 11.2. The molecule has 5 aromatic carbocycles. The summed E-state index contributed by atoms with van der Waals surface area (Å²) in [6.45, 7) is 6.27. The van der Waals surface area contributed by atoms with Crippen LogP contribution in [0.2, 0.25) is 0 Å². The largest absolute Gasteiger partial charge is 1.00 e. The van der Waals surface area contributed by atoms with Crippen molar-refractivity contribution < 1.29 is 107 Å². The minimum atomic E-state index is -1.01. The molecule has 375 valence electrons. The Balaban J connectivity index is -0.000000256. The van der Waals surface area contributed by atoms with E-state index in [9.17, 15) is 19.2 Å². The second-order valence-electron chi connectivity index (χ2n) is 13.2. The van der Waals surface area contributed by atoms with Gasteiger partial charge in [0.25, 0.3) is 0 Å². The van der Waals surface area contributed by atoms with Crippen molar-refractivity contribution in [3.63, 3.8) is 0 Å². The molecule has 5 aromatic rings. The van der Waals surface area contributed by atoms with Crippen LogP contribution in [-0.2, 0) is 63.2 Å². The summed E-state index contributed by atoms with van der Waals surface area (Å²) in [6, 6.07) is 45.0. The quantitative estimate of drug-likeness (QED) is 0.0412. The Hall–Kier alpha value is -4.96. The smallest absolute Gasteiger partial charge is 1.00 e. The van der Waals surface area contributed by atoms with Gasteiger partial charge >= 0.3 is 94.0 Å². The summed E-state index contributed by atoms with van der Waals surface area (Å²) in [5.41, 5.74) is 7.97. The third-order valence-corrected chi connectivity index (χ3v) is 8.94. The molecule has 16 nitrogen and oxygen atoms in total. The van der Waals surface area contributed by atoms with Crippen molar-refractivity contribution in [2.75, 3.05) is 39.6 Å².